The van der Waals surface area contributed by atoms with Gasteiger partial charge in [0.05, 0.1) is 0 Å². The van der Waals surface area contributed by atoms with Crippen LogP contribution in [-0.4, -0.2) is 5.11 Å². The minimum absolute atomic E-state index is 0.0295. The number of phenolic OH excluding ortho intramolecular Hbond substituents is 1. The molecule has 0 radical (unpaired) electrons. The van der Waals surface area contributed by atoms with Crippen molar-refractivity contribution in [2.75, 3.05) is 0 Å². The van der Waals surface area contributed by atoms with Gasteiger partial charge in [-0.15, -0.1) is 0 Å². The quantitative estimate of drug-likeness (QED) is 0.777. The van der Waals surface area contributed by atoms with Crippen LogP contribution in [0.3, 0.4) is 0 Å². The maximum absolute atomic E-state index is 13.3. The molecule has 1 aromatic rings. The molecule has 0 amide bonds. The molecule has 1 fully saturated rings. The van der Waals surface area contributed by atoms with Crippen LogP contribution in [0.25, 0.3) is 0 Å². The lowest BCUT2D eigenvalue weighted by molar-refractivity contribution is 0.441. The summed E-state index contributed by atoms with van der Waals surface area (Å²) in [5.74, 6) is 0.195. The average Bonchev–Trinajstić information content (AvgIpc) is 2.87. The average molecular weight is 195 g/mol. The van der Waals surface area contributed by atoms with Gasteiger partial charge in [-0.25, -0.2) is 4.39 Å². The van der Waals surface area contributed by atoms with Gasteiger partial charge in [-0.1, -0.05) is 18.9 Å². The first kappa shape index (κ1) is 9.46. The standard InChI is InChI=1S/C11H14FNO/c12-8-2-1-3-10(14)11(8)9(13)6-7-4-5-7/h1-3,7,9,14H,4-6,13H2. The number of hydrogen-bond donors (Lipinski definition) is 2. The van der Waals surface area contributed by atoms with Crippen molar-refractivity contribution in [2.45, 2.75) is 25.3 Å². The highest BCUT2D eigenvalue weighted by Crippen LogP contribution is 2.38. The number of halogens is 1. The van der Waals surface area contributed by atoms with Crippen molar-refractivity contribution in [3.8, 4) is 5.75 Å². The molecule has 14 heavy (non-hydrogen) atoms. The van der Waals surface area contributed by atoms with E-state index in [2.05, 4.69) is 0 Å². The molecule has 1 aliphatic rings. The summed E-state index contributed by atoms with van der Waals surface area (Å²) in [6.45, 7) is 0. The van der Waals surface area contributed by atoms with E-state index in [0.29, 0.717) is 5.92 Å². The Balaban J connectivity index is 2.19. The second-order valence-electron chi connectivity index (χ2n) is 3.96. The highest BCUT2D eigenvalue weighted by molar-refractivity contribution is 5.35. The third-order valence-electron chi connectivity index (χ3n) is 2.68. The van der Waals surface area contributed by atoms with Crippen molar-refractivity contribution >= 4 is 0 Å². The molecule has 0 aliphatic heterocycles. The van der Waals surface area contributed by atoms with Crippen LogP contribution in [0.5, 0.6) is 5.75 Å². The van der Waals surface area contributed by atoms with E-state index in [1.165, 1.54) is 31.0 Å². The third-order valence-corrected chi connectivity index (χ3v) is 2.68. The van der Waals surface area contributed by atoms with Crippen molar-refractivity contribution in [1.29, 1.82) is 0 Å². The van der Waals surface area contributed by atoms with Gasteiger partial charge in [0.1, 0.15) is 11.6 Å². The molecule has 2 nitrogen and oxygen atoms in total. The zero-order valence-corrected chi connectivity index (χ0v) is 7.91. The predicted octanol–water partition coefficient (Wildman–Crippen LogP) is 2.33. The molecular weight excluding hydrogens is 181 g/mol. The number of aromatic hydroxyl groups is 1. The van der Waals surface area contributed by atoms with Crippen molar-refractivity contribution < 1.29 is 9.50 Å². The number of phenols is 1. The molecule has 3 N–H and O–H groups in total. The monoisotopic (exact) mass is 195 g/mol. The van der Waals surface area contributed by atoms with Crippen molar-refractivity contribution in [2.24, 2.45) is 11.7 Å². The van der Waals surface area contributed by atoms with E-state index >= 15 is 0 Å². The van der Waals surface area contributed by atoms with Crippen LogP contribution in [0, 0.1) is 11.7 Å². The van der Waals surface area contributed by atoms with Gasteiger partial charge in [-0.2, -0.15) is 0 Å². The van der Waals surface area contributed by atoms with Crippen LogP contribution < -0.4 is 5.73 Å². The van der Waals surface area contributed by atoms with Crippen LogP contribution in [-0.2, 0) is 0 Å². The molecule has 0 heterocycles. The van der Waals surface area contributed by atoms with Gasteiger partial charge < -0.3 is 10.8 Å². The van der Waals surface area contributed by atoms with Gasteiger partial charge in [-0.3, -0.25) is 0 Å². The Hall–Kier alpha value is -1.09. The Morgan fingerprint density at radius 3 is 2.79 bits per heavy atom. The second-order valence-corrected chi connectivity index (χ2v) is 3.96. The van der Waals surface area contributed by atoms with Crippen LogP contribution in [0.4, 0.5) is 4.39 Å². The largest absolute Gasteiger partial charge is 0.508 e. The van der Waals surface area contributed by atoms with Crippen molar-refractivity contribution in [3.05, 3.63) is 29.6 Å². The number of benzene rings is 1. The number of nitrogens with two attached hydrogens (primary N) is 1. The Morgan fingerprint density at radius 2 is 2.21 bits per heavy atom. The zero-order chi connectivity index (χ0) is 10.1. The van der Waals surface area contributed by atoms with Gasteiger partial charge in [0.2, 0.25) is 0 Å². The van der Waals surface area contributed by atoms with Crippen LogP contribution in [0.15, 0.2) is 18.2 Å². The van der Waals surface area contributed by atoms with E-state index in [0.717, 1.165) is 6.42 Å². The molecule has 0 aromatic heterocycles. The van der Waals surface area contributed by atoms with Crippen LogP contribution in [0.1, 0.15) is 30.9 Å². The SMILES string of the molecule is NC(CC1CC1)c1c(O)cccc1F. The molecule has 0 spiro atoms. The summed E-state index contributed by atoms with van der Waals surface area (Å²) in [4.78, 5) is 0. The predicted molar refractivity (Wildman–Crippen MR) is 52.3 cm³/mol. The van der Waals surface area contributed by atoms with E-state index in [4.69, 9.17) is 5.73 Å². The van der Waals surface area contributed by atoms with E-state index in [1.54, 1.807) is 0 Å². The fourth-order valence-electron chi connectivity index (χ4n) is 1.72. The second kappa shape index (κ2) is 3.58. The summed E-state index contributed by atoms with van der Waals surface area (Å²) in [7, 11) is 0. The fourth-order valence-corrected chi connectivity index (χ4v) is 1.72. The van der Waals surface area contributed by atoms with Crippen molar-refractivity contribution in [3.63, 3.8) is 0 Å². The normalized spacial score (nSPS) is 18.1. The number of rotatable bonds is 3. The van der Waals surface area contributed by atoms with Gasteiger partial charge in [0, 0.05) is 11.6 Å². The lowest BCUT2D eigenvalue weighted by Gasteiger charge is -2.13. The minimum Gasteiger partial charge on any atom is -0.508 e. The molecule has 0 saturated heterocycles. The molecule has 1 aromatic carbocycles. The fraction of sp³-hybridized carbons (Fsp3) is 0.455. The summed E-state index contributed by atoms with van der Waals surface area (Å²) in [6.07, 6.45) is 3.14. The molecule has 1 aliphatic carbocycles. The van der Waals surface area contributed by atoms with E-state index in [1.807, 2.05) is 0 Å². The minimum atomic E-state index is -0.404. The molecule has 1 unspecified atom stereocenters. The first-order chi connectivity index (χ1) is 6.68. The summed E-state index contributed by atoms with van der Waals surface area (Å²) >= 11 is 0. The summed E-state index contributed by atoms with van der Waals surface area (Å²) in [5, 5.41) is 9.48. The molecule has 0 bridgehead atoms. The third kappa shape index (κ3) is 1.87. The highest BCUT2D eigenvalue weighted by atomic mass is 19.1. The van der Waals surface area contributed by atoms with Gasteiger partial charge in [0.15, 0.2) is 0 Å². The topological polar surface area (TPSA) is 46.2 Å². The highest BCUT2D eigenvalue weighted by Gasteiger charge is 2.26. The first-order valence-corrected chi connectivity index (χ1v) is 4.91. The molecule has 2 rings (SSSR count). The smallest absolute Gasteiger partial charge is 0.131 e. The van der Waals surface area contributed by atoms with Crippen LogP contribution >= 0.6 is 0 Å². The Morgan fingerprint density at radius 1 is 1.50 bits per heavy atom. The molecule has 76 valence electrons. The summed E-state index contributed by atoms with van der Waals surface area (Å²) < 4.78 is 13.3. The molecule has 3 heteroatoms. The summed E-state index contributed by atoms with van der Waals surface area (Å²) in [5.41, 5.74) is 6.10. The van der Waals surface area contributed by atoms with Gasteiger partial charge >= 0.3 is 0 Å². The first-order valence-electron chi connectivity index (χ1n) is 4.91. The lowest BCUT2D eigenvalue weighted by atomic mass is 10.0. The number of hydrogen-bond acceptors (Lipinski definition) is 2. The molecule has 1 atom stereocenters. The Kier molecular flexibility index (Phi) is 2.42. The van der Waals surface area contributed by atoms with E-state index in [9.17, 15) is 9.50 Å². The van der Waals surface area contributed by atoms with E-state index < -0.39 is 5.82 Å². The Bertz CT molecular complexity index is 316. The zero-order valence-electron chi connectivity index (χ0n) is 7.91. The maximum Gasteiger partial charge on any atom is 0.131 e. The Labute approximate surface area is 82.5 Å². The molecule has 1 saturated carbocycles. The van der Waals surface area contributed by atoms with Gasteiger partial charge in [-0.05, 0) is 24.5 Å². The molecular formula is C11H14FNO. The van der Waals surface area contributed by atoms with Crippen LogP contribution in [0.2, 0.25) is 0 Å². The lowest BCUT2D eigenvalue weighted by Crippen LogP contribution is -2.13. The summed E-state index contributed by atoms with van der Waals surface area (Å²) in [6, 6.07) is 3.93. The van der Waals surface area contributed by atoms with Crippen molar-refractivity contribution in [1.82, 2.24) is 0 Å². The van der Waals surface area contributed by atoms with E-state index in [-0.39, 0.29) is 17.4 Å². The van der Waals surface area contributed by atoms with Gasteiger partial charge in [0.25, 0.3) is 0 Å². The maximum atomic E-state index is 13.3.